The fraction of sp³-hybridized carbons (Fsp3) is 0.250. The number of halogens is 1. The summed E-state index contributed by atoms with van der Waals surface area (Å²) in [5.41, 5.74) is 3.37. The van der Waals surface area contributed by atoms with Crippen LogP contribution in [0.3, 0.4) is 0 Å². The highest BCUT2D eigenvalue weighted by molar-refractivity contribution is 6.32. The van der Waals surface area contributed by atoms with Gasteiger partial charge in [-0.1, -0.05) is 41.4 Å². The zero-order valence-corrected chi connectivity index (χ0v) is 18.8. The van der Waals surface area contributed by atoms with Crippen molar-refractivity contribution in [2.45, 2.75) is 13.8 Å². The Morgan fingerprint density at radius 1 is 0.938 bits per heavy atom. The van der Waals surface area contributed by atoms with Crippen molar-refractivity contribution in [2.24, 2.45) is 0 Å². The lowest BCUT2D eigenvalue weighted by Gasteiger charge is -2.35. The SMILES string of the molecule is Cc1ccc(C(=O)N2CCN(c3nc(C)nc4c3cnn4-c3ccccc3Cl)CC2)cc1. The summed E-state index contributed by atoms with van der Waals surface area (Å²) in [6, 6.07) is 15.3. The smallest absolute Gasteiger partial charge is 0.253 e. The molecule has 162 valence electrons. The fourth-order valence-corrected chi connectivity index (χ4v) is 4.26. The maximum absolute atomic E-state index is 12.9. The Morgan fingerprint density at radius 2 is 1.66 bits per heavy atom. The number of piperazine rings is 1. The van der Waals surface area contributed by atoms with Crippen LogP contribution in [0.1, 0.15) is 21.7 Å². The van der Waals surface area contributed by atoms with Gasteiger partial charge in [-0.05, 0) is 38.1 Å². The first-order valence-electron chi connectivity index (χ1n) is 10.6. The van der Waals surface area contributed by atoms with E-state index in [2.05, 4.69) is 15.0 Å². The van der Waals surface area contributed by atoms with Crippen molar-refractivity contribution in [1.29, 1.82) is 0 Å². The average Bonchev–Trinajstić information content (AvgIpc) is 3.22. The van der Waals surface area contributed by atoms with Crippen molar-refractivity contribution in [2.75, 3.05) is 31.1 Å². The molecule has 1 amide bonds. The minimum Gasteiger partial charge on any atom is -0.352 e. The van der Waals surface area contributed by atoms with Gasteiger partial charge in [0.1, 0.15) is 11.6 Å². The molecule has 8 heteroatoms. The van der Waals surface area contributed by atoms with Crippen LogP contribution < -0.4 is 4.90 Å². The van der Waals surface area contributed by atoms with Crippen LogP contribution in [0.15, 0.2) is 54.7 Å². The van der Waals surface area contributed by atoms with E-state index in [0.29, 0.717) is 37.0 Å². The molecular formula is C24H23ClN6O. The Labute approximate surface area is 191 Å². The van der Waals surface area contributed by atoms with Gasteiger partial charge in [-0.3, -0.25) is 4.79 Å². The molecule has 0 N–H and O–H groups in total. The fourth-order valence-electron chi connectivity index (χ4n) is 4.04. The van der Waals surface area contributed by atoms with Crippen LogP contribution in [0.25, 0.3) is 16.7 Å². The third-order valence-electron chi connectivity index (χ3n) is 5.77. The number of amides is 1. The highest BCUT2D eigenvalue weighted by atomic mass is 35.5. The molecule has 0 aliphatic carbocycles. The third kappa shape index (κ3) is 3.69. The minimum absolute atomic E-state index is 0.0696. The van der Waals surface area contributed by atoms with Crippen molar-refractivity contribution in [3.8, 4) is 5.69 Å². The molecule has 5 rings (SSSR count). The summed E-state index contributed by atoms with van der Waals surface area (Å²) in [5, 5.41) is 6.03. The number of aromatic nitrogens is 4. The maximum atomic E-state index is 12.9. The molecule has 4 aromatic rings. The monoisotopic (exact) mass is 446 g/mol. The van der Waals surface area contributed by atoms with Crippen LogP contribution in [-0.4, -0.2) is 56.7 Å². The van der Waals surface area contributed by atoms with Crippen molar-refractivity contribution in [3.63, 3.8) is 0 Å². The second-order valence-corrected chi connectivity index (χ2v) is 8.39. The van der Waals surface area contributed by atoms with E-state index in [1.165, 1.54) is 0 Å². The van der Waals surface area contributed by atoms with E-state index >= 15 is 0 Å². The quantitative estimate of drug-likeness (QED) is 0.475. The lowest BCUT2D eigenvalue weighted by atomic mass is 10.1. The van der Waals surface area contributed by atoms with Gasteiger partial charge in [0.05, 0.1) is 22.3 Å². The number of carbonyl (C=O) groups is 1. The topological polar surface area (TPSA) is 67.2 Å². The maximum Gasteiger partial charge on any atom is 0.253 e. The summed E-state index contributed by atoms with van der Waals surface area (Å²) in [6.07, 6.45) is 1.79. The molecule has 2 aromatic heterocycles. The highest BCUT2D eigenvalue weighted by Crippen LogP contribution is 2.29. The van der Waals surface area contributed by atoms with E-state index in [4.69, 9.17) is 16.6 Å². The summed E-state index contributed by atoms with van der Waals surface area (Å²) in [7, 11) is 0. The summed E-state index contributed by atoms with van der Waals surface area (Å²) in [4.78, 5) is 26.3. The van der Waals surface area contributed by atoms with Gasteiger partial charge in [0.2, 0.25) is 0 Å². The van der Waals surface area contributed by atoms with E-state index in [0.717, 1.165) is 33.7 Å². The van der Waals surface area contributed by atoms with Crippen LogP contribution in [0.4, 0.5) is 5.82 Å². The van der Waals surface area contributed by atoms with E-state index in [1.54, 1.807) is 10.9 Å². The molecule has 0 spiro atoms. The first-order valence-corrected chi connectivity index (χ1v) is 11.0. The summed E-state index contributed by atoms with van der Waals surface area (Å²) >= 11 is 6.40. The molecule has 32 heavy (non-hydrogen) atoms. The van der Waals surface area contributed by atoms with Gasteiger partial charge in [0, 0.05) is 31.7 Å². The number of fused-ring (bicyclic) bond motifs is 1. The molecule has 1 saturated heterocycles. The molecule has 0 bridgehead atoms. The van der Waals surface area contributed by atoms with Crippen molar-refractivity contribution in [3.05, 3.63) is 76.7 Å². The van der Waals surface area contributed by atoms with Crippen LogP contribution >= 0.6 is 11.6 Å². The normalized spacial score (nSPS) is 14.2. The Balaban J connectivity index is 1.41. The molecule has 7 nitrogen and oxygen atoms in total. The molecule has 1 fully saturated rings. The lowest BCUT2D eigenvalue weighted by Crippen LogP contribution is -2.49. The number of benzene rings is 2. The summed E-state index contributed by atoms with van der Waals surface area (Å²) in [6.45, 7) is 6.56. The van der Waals surface area contributed by atoms with Crippen molar-refractivity contribution in [1.82, 2.24) is 24.6 Å². The Kier molecular flexibility index (Phi) is 5.27. The number of nitrogens with zero attached hydrogens (tertiary/aromatic N) is 6. The van der Waals surface area contributed by atoms with E-state index in [-0.39, 0.29) is 5.91 Å². The van der Waals surface area contributed by atoms with Crippen LogP contribution in [0.5, 0.6) is 0 Å². The Bertz CT molecular complexity index is 1290. The first kappa shape index (κ1) is 20.5. The Hall–Kier alpha value is -3.45. The van der Waals surface area contributed by atoms with Crippen LogP contribution in [0.2, 0.25) is 5.02 Å². The third-order valence-corrected chi connectivity index (χ3v) is 6.09. The number of para-hydroxylation sites is 1. The van der Waals surface area contributed by atoms with Gasteiger partial charge < -0.3 is 9.80 Å². The predicted molar refractivity (Wildman–Crippen MR) is 126 cm³/mol. The second-order valence-electron chi connectivity index (χ2n) is 7.98. The minimum atomic E-state index is 0.0696. The number of anilines is 1. The van der Waals surface area contributed by atoms with Gasteiger partial charge in [-0.25, -0.2) is 14.6 Å². The number of carbonyl (C=O) groups excluding carboxylic acids is 1. The average molecular weight is 447 g/mol. The molecule has 0 saturated carbocycles. The number of rotatable bonds is 3. The standard InChI is InChI=1S/C24H23ClN6O/c1-16-7-9-18(10-8-16)24(32)30-13-11-29(12-14-30)22-19-15-26-31(23(19)28-17(2)27-22)21-6-4-3-5-20(21)25/h3-10,15H,11-14H2,1-2H3. The summed E-state index contributed by atoms with van der Waals surface area (Å²) < 4.78 is 1.76. The lowest BCUT2D eigenvalue weighted by molar-refractivity contribution is 0.0746. The van der Waals surface area contributed by atoms with Gasteiger partial charge in [-0.2, -0.15) is 5.10 Å². The van der Waals surface area contributed by atoms with Crippen molar-refractivity contribution >= 4 is 34.4 Å². The molecule has 0 atom stereocenters. The van der Waals surface area contributed by atoms with Gasteiger partial charge in [-0.15, -0.1) is 0 Å². The van der Waals surface area contributed by atoms with Crippen LogP contribution in [-0.2, 0) is 0 Å². The molecule has 1 aliphatic rings. The van der Waals surface area contributed by atoms with E-state index in [1.807, 2.05) is 67.3 Å². The Morgan fingerprint density at radius 3 is 2.38 bits per heavy atom. The number of hydrogen-bond donors (Lipinski definition) is 0. The van der Waals surface area contributed by atoms with E-state index in [9.17, 15) is 4.79 Å². The van der Waals surface area contributed by atoms with Crippen molar-refractivity contribution < 1.29 is 4.79 Å². The highest BCUT2D eigenvalue weighted by Gasteiger charge is 2.25. The predicted octanol–water partition coefficient (Wildman–Crippen LogP) is 4.05. The second kappa shape index (κ2) is 8.24. The molecule has 0 radical (unpaired) electrons. The molecule has 2 aromatic carbocycles. The first-order chi connectivity index (χ1) is 15.5. The molecular weight excluding hydrogens is 424 g/mol. The van der Waals surface area contributed by atoms with Gasteiger partial charge in [0.15, 0.2) is 5.65 Å². The largest absolute Gasteiger partial charge is 0.352 e. The van der Waals surface area contributed by atoms with Gasteiger partial charge in [0.25, 0.3) is 5.91 Å². The zero-order chi connectivity index (χ0) is 22.2. The zero-order valence-electron chi connectivity index (χ0n) is 18.0. The molecule has 0 unspecified atom stereocenters. The van der Waals surface area contributed by atoms with Crippen LogP contribution in [0, 0.1) is 13.8 Å². The van der Waals surface area contributed by atoms with E-state index < -0.39 is 0 Å². The molecule has 1 aliphatic heterocycles. The summed E-state index contributed by atoms with van der Waals surface area (Å²) in [5.74, 6) is 1.58. The van der Waals surface area contributed by atoms with Gasteiger partial charge >= 0.3 is 0 Å². The number of aryl methyl sites for hydroxylation is 2. The molecule has 3 heterocycles. The number of hydrogen-bond acceptors (Lipinski definition) is 5.